The number of nitrogens with one attached hydrogen (secondary N) is 1. The summed E-state index contributed by atoms with van der Waals surface area (Å²) in [5, 5.41) is 7.19. The molecule has 1 aliphatic carbocycles. The zero-order valence-electron chi connectivity index (χ0n) is 20.5. The van der Waals surface area contributed by atoms with Crippen LogP contribution >= 0.6 is 11.8 Å². The van der Waals surface area contributed by atoms with Gasteiger partial charge in [-0.25, -0.2) is 9.07 Å². The van der Waals surface area contributed by atoms with E-state index in [9.17, 15) is 22.4 Å². The van der Waals surface area contributed by atoms with Gasteiger partial charge in [0.1, 0.15) is 5.82 Å². The van der Waals surface area contributed by atoms with Crippen LogP contribution in [0.1, 0.15) is 44.7 Å². The number of benzene rings is 2. The lowest BCUT2D eigenvalue weighted by Crippen LogP contribution is -2.50. The van der Waals surface area contributed by atoms with Crippen LogP contribution in [-0.2, 0) is 17.5 Å². The van der Waals surface area contributed by atoms with Gasteiger partial charge in [-0.2, -0.15) is 13.2 Å². The van der Waals surface area contributed by atoms with Gasteiger partial charge in [0, 0.05) is 22.4 Å². The first-order chi connectivity index (χ1) is 17.1. The molecule has 1 N–H and O–H groups in total. The molecule has 0 saturated heterocycles. The fourth-order valence-corrected chi connectivity index (χ4v) is 5.32. The first-order valence-electron chi connectivity index (χ1n) is 11.6. The molecule has 4 rings (SSSR count). The molecule has 1 aromatic heterocycles. The second-order valence-corrected chi connectivity index (χ2v) is 9.94. The van der Waals surface area contributed by atoms with Crippen molar-refractivity contribution in [1.29, 1.82) is 0 Å². The molecule has 10 heteroatoms. The number of hydrogen-bond acceptors (Lipinski definition) is 4. The molecule has 0 aliphatic heterocycles. The van der Waals surface area contributed by atoms with E-state index in [1.54, 1.807) is 30.1 Å². The summed E-state index contributed by atoms with van der Waals surface area (Å²) in [6.07, 6.45) is -1.18. The number of ether oxygens (including phenoxy) is 1. The molecule has 2 unspecified atom stereocenters. The van der Waals surface area contributed by atoms with Gasteiger partial charge in [-0.05, 0) is 68.3 Å². The first kappa shape index (κ1) is 27.6. The van der Waals surface area contributed by atoms with Gasteiger partial charge in [0.2, 0.25) is 11.8 Å². The zero-order valence-corrected chi connectivity index (χ0v) is 21.3. The van der Waals surface area contributed by atoms with Crippen molar-refractivity contribution in [3.05, 3.63) is 71.7 Å². The predicted octanol–water partition coefficient (Wildman–Crippen LogP) is 6.64. The second-order valence-electron chi connectivity index (χ2n) is 8.33. The Morgan fingerprint density at radius 2 is 1.81 bits per heavy atom. The fourth-order valence-electron chi connectivity index (χ4n) is 3.93. The average molecular weight is 524 g/mol. The summed E-state index contributed by atoms with van der Waals surface area (Å²) in [5.74, 6) is -0.341. The number of nitrogens with zero attached hydrogens (tertiary/aromatic N) is 2. The lowest BCUT2D eigenvalue weighted by molar-refractivity contribution is -0.137. The third-order valence-corrected chi connectivity index (χ3v) is 7.47. The van der Waals surface area contributed by atoms with Crippen molar-refractivity contribution >= 4 is 17.7 Å². The molecular weight excluding hydrogens is 494 g/mol. The third kappa shape index (κ3) is 6.21. The average Bonchev–Trinajstić information content (AvgIpc) is 3.27. The standard InChI is InChI=1S/C24H23F4N3O2S.C2H6/c1-23(34-19-9-5-17(25)6-10-19)12-11-20(23)21(32)29-13-15-14-31(30-22(15)33-2)18-7-3-16(4-8-18)24(26,27)28;1-2/h3-10,14,20H,11-13H2,1-2H3,(H,29,32);1-2H3. The van der Waals surface area contributed by atoms with E-state index >= 15 is 0 Å². The second kappa shape index (κ2) is 11.4. The number of aromatic nitrogens is 2. The highest BCUT2D eigenvalue weighted by atomic mass is 32.2. The van der Waals surface area contributed by atoms with Crippen LogP contribution < -0.4 is 10.1 Å². The molecule has 1 aliphatic rings. The molecule has 2 aromatic carbocycles. The van der Waals surface area contributed by atoms with Crippen molar-refractivity contribution in [2.75, 3.05) is 7.11 Å². The molecule has 3 aromatic rings. The number of carbonyl (C=O) groups excluding carboxylic acids is 1. The van der Waals surface area contributed by atoms with Crippen LogP contribution in [0.5, 0.6) is 5.88 Å². The van der Waals surface area contributed by atoms with Crippen molar-refractivity contribution in [3.63, 3.8) is 0 Å². The topological polar surface area (TPSA) is 56.1 Å². The van der Waals surface area contributed by atoms with Gasteiger partial charge >= 0.3 is 6.18 Å². The summed E-state index contributed by atoms with van der Waals surface area (Å²) in [6, 6.07) is 10.8. The van der Waals surface area contributed by atoms with Gasteiger partial charge in [-0.3, -0.25) is 4.79 Å². The minimum Gasteiger partial charge on any atom is -0.480 e. The van der Waals surface area contributed by atoms with Crippen LogP contribution in [0.4, 0.5) is 17.6 Å². The summed E-state index contributed by atoms with van der Waals surface area (Å²) in [7, 11) is 1.44. The number of alkyl halides is 3. The van der Waals surface area contributed by atoms with Gasteiger partial charge in [0.15, 0.2) is 0 Å². The van der Waals surface area contributed by atoms with Crippen molar-refractivity contribution < 1.29 is 27.1 Å². The molecular formula is C26H29F4N3O2S. The molecule has 1 saturated carbocycles. The maximum Gasteiger partial charge on any atom is 0.416 e. The SMILES string of the molecule is CC.COc1nn(-c2ccc(C(F)(F)F)cc2)cc1CNC(=O)C1CCC1(C)Sc1ccc(F)cc1. The number of amides is 1. The Bertz CT molecular complexity index is 1160. The number of thioether (sulfide) groups is 1. The van der Waals surface area contributed by atoms with Gasteiger partial charge in [0.25, 0.3) is 0 Å². The Hall–Kier alpha value is -3.01. The van der Waals surface area contributed by atoms with Crippen LogP contribution in [0.3, 0.4) is 0 Å². The Balaban J connectivity index is 0.00000176. The molecule has 2 atom stereocenters. The van der Waals surface area contributed by atoms with E-state index in [2.05, 4.69) is 10.4 Å². The largest absolute Gasteiger partial charge is 0.480 e. The van der Waals surface area contributed by atoms with Crippen LogP contribution in [0.15, 0.2) is 59.6 Å². The van der Waals surface area contributed by atoms with Crippen LogP contribution in [0.25, 0.3) is 5.69 Å². The lowest BCUT2D eigenvalue weighted by Gasteiger charge is -2.45. The van der Waals surface area contributed by atoms with E-state index in [1.165, 1.54) is 36.1 Å². The van der Waals surface area contributed by atoms with E-state index in [0.29, 0.717) is 11.3 Å². The Morgan fingerprint density at radius 1 is 1.17 bits per heavy atom. The fraction of sp³-hybridized carbons (Fsp3) is 0.385. The van der Waals surface area contributed by atoms with Gasteiger partial charge in [-0.15, -0.1) is 16.9 Å². The monoisotopic (exact) mass is 523 g/mol. The minimum absolute atomic E-state index is 0.104. The van der Waals surface area contributed by atoms with Crippen LogP contribution in [-0.4, -0.2) is 27.5 Å². The maximum absolute atomic E-state index is 13.2. The van der Waals surface area contributed by atoms with Crippen molar-refractivity contribution in [3.8, 4) is 11.6 Å². The number of rotatable bonds is 7. The molecule has 1 fully saturated rings. The molecule has 0 bridgehead atoms. The van der Waals surface area contributed by atoms with Crippen molar-refractivity contribution in [2.45, 2.75) is 56.0 Å². The molecule has 0 radical (unpaired) electrons. The van der Waals surface area contributed by atoms with E-state index < -0.39 is 11.7 Å². The van der Waals surface area contributed by atoms with Gasteiger partial charge < -0.3 is 10.1 Å². The van der Waals surface area contributed by atoms with Crippen molar-refractivity contribution in [2.24, 2.45) is 5.92 Å². The minimum atomic E-state index is -4.42. The molecule has 1 amide bonds. The quantitative estimate of drug-likeness (QED) is 0.353. The Morgan fingerprint density at radius 3 is 2.33 bits per heavy atom. The summed E-state index contributed by atoms with van der Waals surface area (Å²) in [5.41, 5.74) is 0.291. The number of methoxy groups -OCH3 is 1. The molecule has 194 valence electrons. The lowest BCUT2D eigenvalue weighted by atomic mass is 9.73. The van der Waals surface area contributed by atoms with E-state index in [-0.39, 0.29) is 34.8 Å². The number of halogens is 4. The first-order valence-corrected chi connectivity index (χ1v) is 12.4. The summed E-state index contributed by atoms with van der Waals surface area (Å²) >= 11 is 1.56. The van der Waals surface area contributed by atoms with Crippen molar-refractivity contribution in [1.82, 2.24) is 15.1 Å². The Labute approximate surface area is 212 Å². The highest BCUT2D eigenvalue weighted by Gasteiger charge is 2.47. The molecule has 36 heavy (non-hydrogen) atoms. The third-order valence-electron chi connectivity index (χ3n) is 6.00. The van der Waals surface area contributed by atoms with Crippen LogP contribution in [0.2, 0.25) is 0 Å². The highest BCUT2D eigenvalue weighted by molar-refractivity contribution is 8.00. The molecule has 0 spiro atoms. The normalized spacial score (nSPS) is 19.1. The summed E-state index contributed by atoms with van der Waals surface area (Å²) < 4.78 is 58.0. The number of hydrogen-bond donors (Lipinski definition) is 1. The summed E-state index contributed by atoms with van der Waals surface area (Å²) in [6.45, 7) is 6.19. The van der Waals surface area contributed by atoms with E-state index in [4.69, 9.17) is 4.74 Å². The predicted molar refractivity (Wildman–Crippen MR) is 132 cm³/mol. The maximum atomic E-state index is 13.2. The molecule has 5 nitrogen and oxygen atoms in total. The van der Waals surface area contributed by atoms with Gasteiger partial charge in [0.05, 0.1) is 29.8 Å². The highest BCUT2D eigenvalue weighted by Crippen LogP contribution is 2.51. The van der Waals surface area contributed by atoms with Crippen LogP contribution in [0, 0.1) is 11.7 Å². The van der Waals surface area contributed by atoms with Gasteiger partial charge in [-0.1, -0.05) is 13.8 Å². The number of carbonyl (C=O) groups is 1. The van der Waals surface area contributed by atoms with E-state index in [1.807, 2.05) is 20.8 Å². The summed E-state index contributed by atoms with van der Waals surface area (Å²) in [4.78, 5) is 13.8. The Kier molecular flexibility index (Phi) is 8.71. The van der Waals surface area contributed by atoms with E-state index in [0.717, 1.165) is 29.9 Å². The smallest absolute Gasteiger partial charge is 0.416 e. The molecule has 1 heterocycles. The zero-order chi connectivity index (χ0) is 26.5.